The van der Waals surface area contributed by atoms with Crippen molar-refractivity contribution in [2.45, 2.75) is 13.8 Å². The summed E-state index contributed by atoms with van der Waals surface area (Å²) in [5.74, 6) is 0. The van der Waals surface area contributed by atoms with Crippen molar-refractivity contribution in [3.63, 3.8) is 0 Å². The van der Waals surface area contributed by atoms with Crippen molar-refractivity contribution in [3.8, 4) is 0 Å². The quantitative estimate of drug-likeness (QED) is 0.537. The maximum Gasteiger partial charge on any atom is 0.0402 e. The Hall–Kier alpha value is 0.0700. The summed E-state index contributed by atoms with van der Waals surface area (Å²) >= 11 is 0. The topological polar surface area (TPSA) is 57.5 Å². The molecule has 4 heteroatoms. The molecule has 0 heterocycles. The second-order valence-corrected chi connectivity index (χ2v) is 2.86. The van der Waals surface area contributed by atoms with Gasteiger partial charge in [-0.15, -0.1) is 0 Å². The van der Waals surface area contributed by atoms with Crippen LogP contribution in [0.3, 0.4) is 0 Å². The van der Waals surface area contributed by atoms with Gasteiger partial charge in [0.05, 0.1) is 0 Å². The first-order valence-electron chi connectivity index (χ1n) is 3.03. The maximum absolute atomic E-state index is 9.56. The lowest BCUT2D eigenvalue weighted by molar-refractivity contribution is 0.318. The van der Waals surface area contributed by atoms with E-state index in [9.17, 15) is 4.21 Å². The molecule has 0 aromatic rings. The molecule has 0 aliphatic heterocycles. The van der Waals surface area contributed by atoms with Crippen LogP contribution in [-0.4, -0.2) is 40.1 Å². The van der Waals surface area contributed by atoms with Gasteiger partial charge < -0.3 is 10.2 Å². The molecule has 0 aliphatic rings. The summed E-state index contributed by atoms with van der Waals surface area (Å²) in [4.78, 5) is 0. The molecule has 0 saturated carbocycles. The van der Waals surface area contributed by atoms with Crippen LogP contribution in [0.15, 0.2) is 0 Å². The molecular weight excluding hydrogens is 152 g/mol. The molecule has 0 atom stereocenters. The number of hydrogen-bond donors (Lipinski definition) is 2. The Bertz CT molecular complexity index is 51.0. The molecule has 0 fully saturated rings. The molecule has 0 amide bonds. The summed E-state index contributed by atoms with van der Waals surface area (Å²) in [6, 6.07) is 0. The Morgan fingerprint density at radius 2 is 1.10 bits per heavy atom. The van der Waals surface area contributed by atoms with E-state index in [-0.39, 0.29) is 13.2 Å². The molecule has 0 aromatic heterocycles. The number of hydrogen-bond acceptors (Lipinski definition) is 3. The van der Waals surface area contributed by atoms with Gasteiger partial charge >= 0.3 is 0 Å². The summed E-state index contributed by atoms with van der Waals surface area (Å²) in [5.41, 5.74) is 0. The van der Waals surface area contributed by atoms with Crippen LogP contribution in [0, 0.1) is 0 Å². The zero-order chi connectivity index (χ0) is 8.99. The first kappa shape index (κ1) is 16.6. The first-order chi connectivity index (χ1) is 4.56. The molecule has 0 unspecified atom stereocenters. The zero-order valence-electron chi connectivity index (χ0n) is 7.13. The van der Waals surface area contributed by atoms with Crippen LogP contribution in [0.2, 0.25) is 0 Å². The molecule has 0 spiro atoms. The van der Waals surface area contributed by atoms with E-state index in [4.69, 9.17) is 10.2 Å². The van der Waals surface area contributed by atoms with Crippen molar-refractivity contribution >= 4 is 10.8 Å². The second-order valence-electron chi connectivity index (χ2n) is 1.37. The van der Waals surface area contributed by atoms with E-state index >= 15 is 0 Å². The Balaban J connectivity index is -0.0000000750. The van der Waals surface area contributed by atoms with Gasteiger partial charge in [0.15, 0.2) is 0 Å². The Morgan fingerprint density at radius 1 is 1.10 bits per heavy atom. The van der Waals surface area contributed by atoms with Gasteiger partial charge in [-0.05, 0) is 13.8 Å². The van der Waals surface area contributed by atoms with Gasteiger partial charge in [-0.1, -0.05) is 0 Å². The third-order valence-corrected chi connectivity index (χ3v) is 0. The van der Waals surface area contributed by atoms with Gasteiger partial charge in [-0.2, -0.15) is 0 Å². The van der Waals surface area contributed by atoms with E-state index < -0.39 is 10.8 Å². The summed E-state index contributed by atoms with van der Waals surface area (Å²) in [7, 11) is -0.611. The van der Waals surface area contributed by atoms with Crippen molar-refractivity contribution in [2.24, 2.45) is 0 Å². The van der Waals surface area contributed by atoms with Gasteiger partial charge in [0, 0.05) is 36.5 Å². The molecule has 0 radical (unpaired) electrons. The Labute approximate surface area is 65.5 Å². The summed E-state index contributed by atoms with van der Waals surface area (Å²) in [6.45, 7) is 3.86. The van der Waals surface area contributed by atoms with Gasteiger partial charge in [0.2, 0.25) is 0 Å². The van der Waals surface area contributed by atoms with Gasteiger partial charge in [0.25, 0.3) is 0 Å². The molecule has 3 nitrogen and oxygen atoms in total. The average Bonchev–Trinajstić information content (AvgIpc) is 1.65. The normalized spacial score (nSPS) is 7.10. The molecule has 2 N–H and O–H groups in total. The zero-order valence-corrected chi connectivity index (χ0v) is 7.94. The van der Waals surface area contributed by atoms with Gasteiger partial charge in [-0.3, -0.25) is 4.21 Å². The molecular formula is C6H18O3S. The minimum absolute atomic E-state index is 0.250. The van der Waals surface area contributed by atoms with E-state index in [1.807, 2.05) is 0 Å². The molecule has 66 valence electrons. The second kappa shape index (κ2) is 23.0. The lowest BCUT2D eigenvalue weighted by atomic mass is 10.9. The summed E-state index contributed by atoms with van der Waals surface area (Å²) < 4.78 is 9.56. The fraction of sp³-hybridized carbons (Fsp3) is 1.00. The third kappa shape index (κ3) is 82300. The van der Waals surface area contributed by atoms with E-state index in [2.05, 4.69) is 0 Å². The van der Waals surface area contributed by atoms with E-state index in [1.54, 1.807) is 26.4 Å². The van der Waals surface area contributed by atoms with Crippen molar-refractivity contribution < 1.29 is 14.4 Å². The SMILES string of the molecule is CCO.CCO.CS(C)=O. The van der Waals surface area contributed by atoms with Crippen LogP contribution < -0.4 is 0 Å². The molecule has 0 bridgehead atoms. The highest BCUT2D eigenvalue weighted by molar-refractivity contribution is 7.83. The van der Waals surface area contributed by atoms with Crippen LogP contribution in [0.4, 0.5) is 0 Å². The monoisotopic (exact) mass is 170 g/mol. The molecule has 0 aliphatic carbocycles. The van der Waals surface area contributed by atoms with E-state index in [0.717, 1.165) is 0 Å². The van der Waals surface area contributed by atoms with Crippen LogP contribution in [-0.2, 0) is 10.8 Å². The van der Waals surface area contributed by atoms with E-state index in [0.29, 0.717) is 0 Å². The Kier molecular flexibility index (Phi) is 38.1. The van der Waals surface area contributed by atoms with Gasteiger partial charge in [-0.25, -0.2) is 0 Å². The highest BCUT2D eigenvalue weighted by atomic mass is 32.2. The van der Waals surface area contributed by atoms with Crippen LogP contribution >= 0.6 is 0 Å². The fourth-order valence-electron chi connectivity index (χ4n) is 0. The minimum Gasteiger partial charge on any atom is -0.397 e. The maximum atomic E-state index is 9.56. The third-order valence-electron chi connectivity index (χ3n) is 0. The van der Waals surface area contributed by atoms with Crippen molar-refractivity contribution in [1.82, 2.24) is 0 Å². The predicted octanol–water partition coefficient (Wildman–Crippen LogP) is -0.00810. The molecule has 0 saturated heterocycles. The van der Waals surface area contributed by atoms with Crippen molar-refractivity contribution in [2.75, 3.05) is 25.7 Å². The highest BCUT2D eigenvalue weighted by Gasteiger charge is 1.57. The standard InChI is InChI=1S/C2H6OS.2C2H6O/c1-4(2)3;2*1-2-3/h1-2H3;2*3H,2H2,1H3. The smallest absolute Gasteiger partial charge is 0.0402 e. The van der Waals surface area contributed by atoms with Crippen LogP contribution in [0.1, 0.15) is 13.8 Å². The summed E-state index contributed by atoms with van der Waals surface area (Å²) in [5, 5.41) is 15.1. The lowest BCUT2D eigenvalue weighted by Crippen LogP contribution is -1.70. The van der Waals surface area contributed by atoms with Crippen LogP contribution in [0.5, 0.6) is 0 Å². The molecule has 0 rings (SSSR count). The van der Waals surface area contributed by atoms with Crippen molar-refractivity contribution in [3.05, 3.63) is 0 Å². The van der Waals surface area contributed by atoms with E-state index in [1.165, 1.54) is 0 Å². The fourth-order valence-corrected chi connectivity index (χ4v) is 0. The lowest BCUT2D eigenvalue weighted by Gasteiger charge is -1.60. The minimum atomic E-state index is -0.611. The number of rotatable bonds is 0. The predicted molar refractivity (Wildman–Crippen MR) is 45.5 cm³/mol. The Morgan fingerprint density at radius 3 is 1.10 bits per heavy atom. The largest absolute Gasteiger partial charge is 0.397 e. The number of aliphatic hydroxyl groups excluding tert-OH is 2. The summed E-state index contributed by atoms with van der Waals surface area (Å²) in [6.07, 6.45) is 3.28. The average molecular weight is 170 g/mol. The first-order valence-corrected chi connectivity index (χ1v) is 5.00. The van der Waals surface area contributed by atoms with Crippen LogP contribution in [0.25, 0.3) is 0 Å². The molecule has 10 heavy (non-hydrogen) atoms. The number of aliphatic hydroxyl groups is 2. The highest BCUT2D eigenvalue weighted by Crippen LogP contribution is 1.47. The van der Waals surface area contributed by atoms with Crippen molar-refractivity contribution in [1.29, 1.82) is 0 Å². The van der Waals surface area contributed by atoms with Gasteiger partial charge in [0.1, 0.15) is 0 Å². The molecule has 0 aromatic carbocycles.